The van der Waals surface area contributed by atoms with Crippen LogP contribution < -0.4 is 10.9 Å². The first-order valence-electron chi connectivity index (χ1n) is 10.3. The van der Waals surface area contributed by atoms with Gasteiger partial charge in [0.1, 0.15) is 0 Å². The van der Waals surface area contributed by atoms with Crippen molar-refractivity contribution in [2.75, 3.05) is 0 Å². The maximum Gasteiger partial charge on any atom is 0.261 e. The van der Waals surface area contributed by atoms with Crippen molar-refractivity contribution in [2.45, 2.75) is 59.5 Å². The molecule has 1 aromatic carbocycles. The number of aromatic nitrogens is 3. The minimum atomic E-state index is -0.131. The molecule has 2 aromatic heterocycles. The molecule has 0 aliphatic rings. The van der Waals surface area contributed by atoms with Crippen LogP contribution in [0.1, 0.15) is 55.4 Å². The number of amides is 1. The fraction of sp³-hybridized carbons (Fsp3) is 0.391. The first-order valence-corrected chi connectivity index (χ1v) is 10.3. The molecular weight excluding hydrogens is 380 g/mol. The molecule has 3 rings (SSSR count). The zero-order valence-electron chi connectivity index (χ0n) is 17.9. The summed E-state index contributed by atoms with van der Waals surface area (Å²) in [6.07, 6.45) is 1.40. The normalized spacial score (nSPS) is 12.0. The molecule has 0 radical (unpaired) electrons. The first-order chi connectivity index (χ1) is 14.4. The van der Waals surface area contributed by atoms with Gasteiger partial charge in [0.25, 0.3) is 5.56 Å². The summed E-state index contributed by atoms with van der Waals surface area (Å²) >= 11 is 0. The average Bonchev–Trinajstić information content (AvgIpc) is 3.19. The number of pyridine rings is 1. The highest BCUT2D eigenvalue weighted by atomic mass is 16.5. The van der Waals surface area contributed by atoms with Gasteiger partial charge in [-0.05, 0) is 44.9 Å². The summed E-state index contributed by atoms with van der Waals surface area (Å²) in [6.45, 7) is 8.55. The van der Waals surface area contributed by atoms with Crippen molar-refractivity contribution < 1.29 is 9.32 Å². The van der Waals surface area contributed by atoms with E-state index in [-0.39, 0.29) is 29.8 Å². The van der Waals surface area contributed by atoms with Crippen molar-refractivity contribution in [1.29, 1.82) is 0 Å². The Morgan fingerprint density at radius 3 is 2.60 bits per heavy atom. The summed E-state index contributed by atoms with van der Waals surface area (Å²) in [5, 5.41) is 6.92. The first kappa shape index (κ1) is 21.5. The topological polar surface area (TPSA) is 90.0 Å². The number of carbonyl (C=O) groups is 1. The van der Waals surface area contributed by atoms with Gasteiger partial charge in [-0.2, -0.15) is 4.98 Å². The van der Waals surface area contributed by atoms with Crippen molar-refractivity contribution in [1.82, 2.24) is 20.0 Å². The molecular formula is C23H28N4O3. The van der Waals surface area contributed by atoms with Crippen LogP contribution in [-0.2, 0) is 17.8 Å². The lowest BCUT2D eigenvalue weighted by Crippen LogP contribution is -2.26. The summed E-state index contributed by atoms with van der Waals surface area (Å²) in [4.78, 5) is 29.3. The number of nitrogens with zero attached hydrogens (tertiary/aromatic N) is 3. The number of nitrogens with one attached hydrogen (secondary N) is 1. The van der Waals surface area contributed by atoms with E-state index < -0.39 is 0 Å². The van der Waals surface area contributed by atoms with E-state index in [0.717, 1.165) is 17.7 Å². The van der Waals surface area contributed by atoms with Crippen LogP contribution in [0.5, 0.6) is 0 Å². The van der Waals surface area contributed by atoms with Gasteiger partial charge in [-0.25, -0.2) is 0 Å². The SMILES string of the molecule is CCCn1c(C)ccc(-c2noc(CCC(=O)N[C@@H](C)c3ccc(C)cc3)n2)c1=O. The van der Waals surface area contributed by atoms with Gasteiger partial charge in [-0.1, -0.05) is 41.9 Å². The molecule has 1 atom stereocenters. The van der Waals surface area contributed by atoms with Gasteiger partial charge in [0.15, 0.2) is 0 Å². The molecule has 0 aliphatic carbocycles. The van der Waals surface area contributed by atoms with E-state index in [2.05, 4.69) is 15.5 Å². The predicted molar refractivity (Wildman–Crippen MR) is 115 cm³/mol. The van der Waals surface area contributed by atoms with Crippen LogP contribution in [-0.4, -0.2) is 20.6 Å². The number of hydrogen-bond acceptors (Lipinski definition) is 5. The van der Waals surface area contributed by atoms with E-state index in [4.69, 9.17) is 4.52 Å². The second-order valence-electron chi connectivity index (χ2n) is 7.56. The molecule has 0 unspecified atom stereocenters. The standard InChI is InChI=1S/C23H28N4O3/c1-5-14-27-16(3)8-11-19(23(27)29)22-25-21(30-26-22)13-12-20(28)24-17(4)18-9-6-15(2)7-10-18/h6-11,17H,5,12-14H2,1-4H3,(H,24,28)/t17-/m0/s1. The Morgan fingerprint density at radius 2 is 1.90 bits per heavy atom. The van der Waals surface area contributed by atoms with Gasteiger partial charge in [0.05, 0.1) is 11.6 Å². The third-order valence-electron chi connectivity index (χ3n) is 5.07. The number of benzene rings is 1. The summed E-state index contributed by atoms with van der Waals surface area (Å²) in [6, 6.07) is 11.6. The average molecular weight is 409 g/mol. The van der Waals surface area contributed by atoms with Crippen molar-refractivity contribution in [3.63, 3.8) is 0 Å². The van der Waals surface area contributed by atoms with E-state index in [1.807, 2.05) is 58.0 Å². The smallest absolute Gasteiger partial charge is 0.261 e. The predicted octanol–water partition coefficient (Wildman–Crippen LogP) is 3.74. The molecule has 7 heteroatoms. The maximum atomic E-state index is 12.7. The molecule has 0 bridgehead atoms. The van der Waals surface area contributed by atoms with Gasteiger partial charge in [0, 0.05) is 25.1 Å². The molecule has 1 N–H and O–H groups in total. The maximum absolute atomic E-state index is 12.7. The molecule has 158 valence electrons. The highest BCUT2D eigenvalue weighted by Crippen LogP contribution is 2.15. The van der Waals surface area contributed by atoms with Crippen molar-refractivity contribution in [3.05, 3.63) is 69.5 Å². The van der Waals surface area contributed by atoms with Gasteiger partial charge in [0.2, 0.25) is 17.6 Å². The highest BCUT2D eigenvalue weighted by Gasteiger charge is 2.16. The largest absolute Gasteiger partial charge is 0.350 e. The minimum absolute atomic E-state index is 0.0825. The quantitative estimate of drug-likeness (QED) is 0.613. The molecule has 7 nitrogen and oxygen atoms in total. The van der Waals surface area contributed by atoms with Crippen LogP contribution in [0.3, 0.4) is 0 Å². The van der Waals surface area contributed by atoms with E-state index >= 15 is 0 Å². The lowest BCUT2D eigenvalue weighted by molar-refractivity contribution is -0.121. The van der Waals surface area contributed by atoms with E-state index in [9.17, 15) is 9.59 Å². The van der Waals surface area contributed by atoms with Crippen molar-refractivity contribution in [3.8, 4) is 11.4 Å². The van der Waals surface area contributed by atoms with Crippen LogP contribution in [0.4, 0.5) is 0 Å². The Labute approximate surface area is 176 Å². The van der Waals surface area contributed by atoms with Crippen LogP contribution >= 0.6 is 0 Å². The van der Waals surface area contributed by atoms with Crippen LogP contribution in [0.25, 0.3) is 11.4 Å². The lowest BCUT2D eigenvalue weighted by atomic mass is 10.1. The number of aryl methyl sites for hydroxylation is 3. The Morgan fingerprint density at radius 1 is 1.17 bits per heavy atom. The van der Waals surface area contributed by atoms with Crippen LogP contribution in [0, 0.1) is 13.8 Å². The summed E-state index contributed by atoms with van der Waals surface area (Å²) in [5.41, 5.74) is 3.40. The van der Waals surface area contributed by atoms with E-state index in [1.165, 1.54) is 5.56 Å². The number of carbonyl (C=O) groups excluding carboxylic acids is 1. The van der Waals surface area contributed by atoms with E-state index in [0.29, 0.717) is 24.4 Å². The molecule has 0 saturated carbocycles. The fourth-order valence-corrected chi connectivity index (χ4v) is 3.28. The van der Waals surface area contributed by atoms with Gasteiger partial charge < -0.3 is 14.4 Å². The second-order valence-corrected chi connectivity index (χ2v) is 7.56. The van der Waals surface area contributed by atoms with Crippen molar-refractivity contribution in [2.24, 2.45) is 0 Å². The third kappa shape index (κ3) is 5.03. The summed E-state index contributed by atoms with van der Waals surface area (Å²) in [7, 11) is 0. The zero-order valence-corrected chi connectivity index (χ0v) is 17.9. The molecule has 1 amide bonds. The van der Waals surface area contributed by atoms with Gasteiger partial charge in [-0.15, -0.1) is 0 Å². The highest BCUT2D eigenvalue weighted by molar-refractivity contribution is 5.76. The monoisotopic (exact) mass is 408 g/mol. The van der Waals surface area contributed by atoms with Gasteiger partial charge >= 0.3 is 0 Å². The fourth-order valence-electron chi connectivity index (χ4n) is 3.28. The molecule has 0 aliphatic heterocycles. The Hall–Kier alpha value is -3.22. The summed E-state index contributed by atoms with van der Waals surface area (Å²) in [5.74, 6) is 0.502. The Kier molecular flexibility index (Phi) is 6.82. The van der Waals surface area contributed by atoms with Crippen molar-refractivity contribution >= 4 is 5.91 Å². The van der Waals surface area contributed by atoms with Gasteiger partial charge in [-0.3, -0.25) is 9.59 Å². The molecule has 2 heterocycles. The number of rotatable bonds is 8. The third-order valence-corrected chi connectivity index (χ3v) is 5.07. The lowest BCUT2D eigenvalue weighted by Gasteiger charge is -2.14. The molecule has 30 heavy (non-hydrogen) atoms. The Balaban J connectivity index is 1.62. The second kappa shape index (κ2) is 9.52. The summed E-state index contributed by atoms with van der Waals surface area (Å²) < 4.78 is 6.98. The molecule has 0 saturated heterocycles. The Bertz CT molecular complexity index is 1070. The van der Waals surface area contributed by atoms with E-state index in [1.54, 1.807) is 10.6 Å². The molecule has 0 fully saturated rings. The minimum Gasteiger partial charge on any atom is -0.350 e. The van der Waals surface area contributed by atoms with Crippen LogP contribution in [0.15, 0.2) is 45.7 Å². The molecule has 0 spiro atoms. The van der Waals surface area contributed by atoms with Crippen LogP contribution in [0.2, 0.25) is 0 Å². The number of hydrogen-bond donors (Lipinski definition) is 1. The zero-order chi connectivity index (χ0) is 21.7. The molecule has 3 aromatic rings.